The van der Waals surface area contributed by atoms with Gasteiger partial charge in [0, 0.05) is 25.3 Å². The first-order valence-electron chi connectivity index (χ1n) is 8.31. The molecule has 0 spiro atoms. The third kappa shape index (κ3) is 7.69. The fourth-order valence-corrected chi connectivity index (χ4v) is 2.11. The summed E-state index contributed by atoms with van der Waals surface area (Å²) < 4.78 is 5.47. The van der Waals surface area contributed by atoms with Crippen LogP contribution >= 0.6 is 0 Å². The first-order valence-corrected chi connectivity index (χ1v) is 8.31. The molecule has 134 valence electrons. The zero-order valence-electron chi connectivity index (χ0n) is 14.4. The van der Waals surface area contributed by atoms with Crippen molar-refractivity contribution in [2.24, 2.45) is 0 Å². The first kappa shape index (κ1) is 18.8. The topological polar surface area (TPSA) is 82.6 Å². The first-order chi connectivity index (χ1) is 12.1. The molecule has 6 nitrogen and oxygen atoms in total. The average molecular weight is 343 g/mol. The molecule has 0 bridgehead atoms. The van der Waals surface area contributed by atoms with Gasteiger partial charge in [-0.3, -0.25) is 0 Å². The summed E-state index contributed by atoms with van der Waals surface area (Å²) in [4.78, 5) is 11.7. The molecule has 4 N–H and O–H groups in total. The molecule has 0 aliphatic carbocycles. The van der Waals surface area contributed by atoms with Crippen LogP contribution in [0.4, 0.5) is 10.5 Å². The molecule has 0 aromatic heterocycles. The van der Waals surface area contributed by atoms with E-state index in [1.54, 1.807) is 0 Å². The second-order valence-electron chi connectivity index (χ2n) is 5.73. The summed E-state index contributed by atoms with van der Waals surface area (Å²) in [6.07, 6.45) is -0.610. The van der Waals surface area contributed by atoms with E-state index in [0.29, 0.717) is 19.6 Å². The highest BCUT2D eigenvalue weighted by Gasteiger charge is 2.05. The number of aliphatic hydroxyl groups excluding tert-OH is 1. The van der Waals surface area contributed by atoms with Crippen LogP contribution in [0.5, 0.6) is 5.75 Å². The Hall–Kier alpha value is -2.57. The van der Waals surface area contributed by atoms with Crippen LogP contribution in [-0.4, -0.2) is 43.5 Å². The summed E-state index contributed by atoms with van der Waals surface area (Å²) in [5.41, 5.74) is 1.90. The minimum atomic E-state index is -0.610. The van der Waals surface area contributed by atoms with Gasteiger partial charge in [-0.1, -0.05) is 35.9 Å². The molecule has 0 saturated heterocycles. The summed E-state index contributed by atoms with van der Waals surface area (Å²) in [6.45, 7) is 3.63. The summed E-state index contributed by atoms with van der Waals surface area (Å²) in [5.74, 6) is 0.732. The Balaban J connectivity index is 1.52. The van der Waals surface area contributed by atoms with Gasteiger partial charge >= 0.3 is 6.03 Å². The number of anilines is 1. The molecule has 2 aromatic carbocycles. The second kappa shape index (κ2) is 10.3. The van der Waals surface area contributed by atoms with E-state index in [1.807, 2.05) is 61.5 Å². The Kier molecular flexibility index (Phi) is 7.75. The monoisotopic (exact) mass is 343 g/mol. The van der Waals surface area contributed by atoms with Crippen LogP contribution in [0.3, 0.4) is 0 Å². The lowest BCUT2D eigenvalue weighted by molar-refractivity contribution is 0.106. The highest BCUT2D eigenvalue weighted by Crippen LogP contribution is 2.08. The molecule has 0 aliphatic rings. The van der Waals surface area contributed by atoms with Crippen molar-refractivity contribution in [2.75, 3.05) is 31.6 Å². The van der Waals surface area contributed by atoms with Gasteiger partial charge < -0.3 is 25.8 Å². The largest absolute Gasteiger partial charge is 0.491 e. The van der Waals surface area contributed by atoms with Gasteiger partial charge in [0.15, 0.2) is 0 Å². The van der Waals surface area contributed by atoms with Crippen molar-refractivity contribution in [3.8, 4) is 5.75 Å². The van der Waals surface area contributed by atoms with Crippen LogP contribution < -0.4 is 20.7 Å². The molecule has 25 heavy (non-hydrogen) atoms. The smallest absolute Gasteiger partial charge is 0.319 e. The van der Waals surface area contributed by atoms with Crippen LogP contribution in [0.2, 0.25) is 0 Å². The van der Waals surface area contributed by atoms with Crippen LogP contribution in [0.1, 0.15) is 5.56 Å². The second-order valence-corrected chi connectivity index (χ2v) is 5.73. The van der Waals surface area contributed by atoms with Gasteiger partial charge in [0.1, 0.15) is 18.5 Å². The molecule has 2 rings (SSSR count). The van der Waals surface area contributed by atoms with Gasteiger partial charge in [0.05, 0.1) is 0 Å². The highest BCUT2D eigenvalue weighted by molar-refractivity contribution is 5.89. The van der Waals surface area contributed by atoms with Crippen LogP contribution in [0.25, 0.3) is 0 Å². The number of ether oxygens (including phenoxy) is 1. The number of nitrogens with one attached hydrogen (secondary N) is 3. The number of aryl methyl sites for hydroxylation is 1. The number of para-hydroxylation sites is 1. The number of aliphatic hydroxyl groups is 1. The Morgan fingerprint density at radius 3 is 2.52 bits per heavy atom. The summed E-state index contributed by atoms with van der Waals surface area (Å²) >= 11 is 0. The zero-order valence-corrected chi connectivity index (χ0v) is 14.4. The Labute approximate surface area is 148 Å². The normalized spacial score (nSPS) is 11.6. The van der Waals surface area contributed by atoms with Crippen molar-refractivity contribution in [2.45, 2.75) is 13.0 Å². The van der Waals surface area contributed by atoms with E-state index in [9.17, 15) is 9.90 Å². The van der Waals surface area contributed by atoms with E-state index in [0.717, 1.165) is 17.0 Å². The predicted octanol–water partition coefficient (Wildman–Crippen LogP) is 2.15. The van der Waals surface area contributed by atoms with E-state index in [1.165, 1.54) is 0 Å². The number of hydrogen-bond acceptors (Lipinski definition) is 4. The predicted molar refractivity (Wildman–Crippen MR) is 99.0 cm³/mol. The van der Waals surface area contributed by atoms with E-state index in [2.05, 4.69) is 16.0 Å². The zero-order chi connectivity index (χ0) is 17.9. The number of amides is 2. The van der Waals surface area contributed by atoms with E-state index in [-0.39, 0.29) is 12.6 Å². The lowest BCUT2D eigenvalue weighted by Gasteiger charge is -2.13. The fraction of sp³-hybridized carbons (Fsp3) is 0.316. The van der Waals surface area contributed by atoms with Crippen LogP contribution in [0, 0.1) is 6.92 Å². The van der Waals surface area contributed by atoms with Crippen molar-refractivity contribution in [3.05, 3.63) is 60.2 Å². The standard InChI is InChI=1S/C19H25N3O3/c1-15-7-9-16(10-8-15)22-19(24)21-12-11-20-13-17(23)14-25-18-5-3-2-4-6-18/h2-10,17,20,23H,11-14H2,1H3,(H2,21,22,24). The van der Waals surface area contributed by atoms with Crippen molar-refractivity contribution >= 4 is 11.7 Å². The number of hydrogen-bond donors (Lipinski definition) is 4. The Morgan fingerprint density at radius 2 is 1.80 bits per heavy atom. The summed E-state index contributed by atoms with van der Waals surface area (Å²) in [5, 5.41) is 18.4. The van der Waals surface area contributed by atoms with Crippen molar-refractivity contribution in [3.63, 3.8) is 0 Å². The van der Waals surface area contributed by atoms with Gasteiger partial charge in [-0.2, -0.15) is 0 Å². The maximum atomic E-state index is 11.7. The van der Waals surface area contributed by atoms with Gasteiger partial charge in [0.2, 0.25) is 0 Å². The van der Waals surface area contributed by atoms with E-state index < -0.39 is 6.10 Å². The number of urea groups is 1. The van der Waals surface area contributed by atoms with Crippen LogP contribution in [-0.2, 0) is 0 Å². The highest BCUT2D eigenvalue weighted by atomic mass is 16.5. The molecule has 0 radical (unpaired) electrons. The maximum absolute atomic E-state index is 11.7. The van der Waals surface area contributed by atoms with Gasteiger partial charge in [-0.25, -0.2) is 4.79 Å². The van der Waals surface area contributed by atoms with Crippen LogP contribution in [0.15, 0.2) is 54.6 Å². The minimum Gasteiger partial charge on any atom is -0.491 e. The number of carbonyl (C=O) groups excluding carboxylic acids is 1. The number of carbonyl (C=O) groups is 1. The third-order valence-electron chi connectivity index (χ3n) is 3.46. The van der Waals surface area contributed by atoms with Gasteiger partial charge in [-0.05, 0) is 31.2 Å². The van der Waals surface area contributed by atoms with E-state index >= 15 is 0 Å². The molecule has 2 aromatic rings. The van der Waals surface area contributed by atoms with E-state index in [4.69, 9.17) is 4.74 Å². The number of rotatable bonds is 9. The minimum absolute atomic E-state index is 0.221. The maximum Gasteiger partial charge on any atom is 0.319 e. The molecular weight excluding hydrogens is 318 g/mol. The molecule has 2 amide bonds. The molecule has 0 fully saturated rings. The molecule has 6 heteroatoms. The Bertz CT molecular complexity index is 632. The van der Waals surface area contributed by atoms with Crippen molar-refractivity contribution in [1.82, 2.24) is 10.6 Å². The SMILES string of the molecule is Cc1ccc(NC(=O)NCCNCC(O)COc2ccccc2)cc1. The Morgan fingerprint density at radius 1 is 1.08 bits per heavy atom. The molecule has 1 unspecified atom stereocenters. The van der Waals surface area contributed by atoms with Crippen molar-refractivity contribution < 1.29 is 14.6 Å². The average Bonchev–Trinajstić information content (AvgIpc) is 2.62. The number of benzene rings is 2. The molecular formula is C19H25N3O3. The summed E-state index contributed by atoms with van der Waals surface area (Å²) in [7, 11) is 0. The lowest BCUT2D eigenvalue weighted by atomic mass is 10.2. The van der Waals surface area contributed by atoms with Gasteiger partial charge in [0.25, 0.3) is 0 Å². The lowest BCUT2D eigenvalue weighted by Crippen LogP contribution is -2.38. The van der Waals surface area contributed by atoms with Crippen molar-refractivity contribution in [1.29, 1.82) is 0 Å². The molecule has 1 atom stereocenters. The fourth-order valence-electron chi connectivity index (χ4n) is 2.11. The summed E-state index contributed by atoms with van der Waals surface area (Å²) in [6, 6.07) is 16.7. The molecule has 0 aliphatic heterocycles. The van der Waals surface area contributed by atoms with Gasteiger partial charge in [-0.15, -0.1) is 0 Å². The molecule has 0 heterocycles. The molecule has 0 saturated carbocycles. The quantitative estimate of drug-likeness (QED) is 0.526. The third-order valence-corrected chi connectivity index (χ3v) is 3.46.